The van der Waals surface area contributed by atoms with Crippen LogP contribution >= 0.6 is 0 Å². The van der Waals surface area contributed by atoms with Gasteiger partial charge < -0.3 is 10.4 Å². The highest BCUT2D eigenvalue weighted by Crippen LogP contribution is 2.24. The summed E-state index contributed by atoms with van der Waals surface area (Å²) in [4.78, 5) is 0. The number of halogens is 1. The van der Waals surface area contributed by atoms with Crippen LogP contribution in [0.25, 0.3) is 0 Å². The van der Waals surface area contributed by atoms with Gasteiger partial charge in [0, 0.05) is 30.0 Å². The fourth-order valence-electron chi connectivity index (χ4n) is 1.63. The van der Waals surface area contributed by atoms with Gasteiger partial charge in [0.1, 0.15) is 11.6 Å². The zero-order valence-electron chi connectivity index (χ0n) is 9.44. The molecule has 1 heterocycles. The predicted molar refractivity (Wildman–Crippen MR) is 61.9 cm³/mol. The van der Waals surface area contributed by atoms with E-state index >= 15 is 0 Å². The molecule has 4 nitrogen and oxygen atoms in total. The normalized spacial score (nSPS) is 12.6. The van der Waals surface area contributed by atoms with Crippen molar-refractivity contribution >= 4 is 0 Å². The Bertz CT molecular complexity index is 485. The molecule has 0 aliphatic carbocycles. The van der Waals surface area contributed by atoms with Crippen molar-refractivity contribution in [3.05, 3.63) is 47.5 Å². The Kier molecular flexibility index (Phi) is 3.39. The van der Waals surface area contributed by atoms with Gasteiger partial charge in [-0.05, 0) is 31.2 Å². The smallest absolute Gasteiger partial charge is 0.123 e. The van der Waals surface area contributed by atoms with E-state index in [0.717, 1.165) is 5.69 Å². The SMILES string of the molecule is CC(NCc1ccn[nH]1)c1cc(F)ccc1O. The summed E-state index contributed by atoms with van der Waals surface area (Å²) >= 11 is 0. The van der Waals surface area contributed by atoms with Gasteiger partial charge in [0.15, 0.2) is 0 Å². The summed E-state index contributed by atoms with van der Waals surface area (Å²) < 4.78 is 13.1. The summed E-state index contributed by atoms with van der Waals surface area (Å²) in [5.74, 6) is -0.260. The summed E-state index contributed by atoms with van der Waals surface area (Å²) in [7, 11) is 0. The first kappa shape index (κ1) is 11.6. The lowest BCUT2D eigenvalue weighted by Gasteiger charge is -2.15. The van der Waals surface area contributed by atoms with Gasteiger partial charge in [-0.15, -0.1) is 0 Å². The van der Waals surface area contributed by atoms with Gasteiger partial charge in [0.05, 0.1) is 0 Å². The molecule has 90 valence electrons. The van der Waals surface area contributed by atoms with E-state index < -0.39 is 0 Å². The van der Waals surface area contributed by atoms with Crippen LogP contribution in [0.5, 0.6) is 5.75 Å². The van der Waals surface area contributed by atoms with Crippen molar-refractivity contribution in [2.45, 2.75) is 19.5 Å². The summed E-state index contributed by atoms with van der Waals surface area (Å²) in [5, 5.41) is 19.5. The van der Waals surface area contributed by atoms with Crippen molar-refractivity contribution in [1.29, 1.82) is 0 Å². The average molecular weight is 235 g/mol. The minimum atomic E-state index is -0.354. The Labute approximate surface area is 98.5 Å². The minimum absolute atomic E-state index is 0.0935. The van der Waals surface area contributed by atoms with Crippen molar-refractivity contribution in [2.75, 3.05) is 0 Å². The number of H-pyrrole nitrogens is 1. The standard InChI is InChI=1S/C12H14FN3O/c1-8(14-7-10-4-5-15-16-10)11-6-9(13)2-3-12(11)17/h2-6,8,14,17H,7H2,1H3,(H,15,16). The molecule has 0 fully saturated rings. The number of aromatic amines is 1. The molecule has 0 saturated carbocycles. The lowest BCUT2D eigenvalue weighted by molar-refractivity contribution is 0.448. The first-order valence-electron chi connectivity index (χ1n) is 5.37. The highest BCUT2D eigenvalue weighted by atomic mass is 19.1. The van der Waals surface area contributed by atoms with Crippen LogP contribution in [0, 0.1) is 5.82 Å². The summed E-state index contributed by atoms with van der Waals surface area (Å²) in [6.07, 6.45) is 1.67. The van der Waals surface area contributed by atoms with Gasteiger partial charge in [-0.25, -0.2) is 4.39 Å². The first-order chi connectivity index (χ1) is 8.16. The highest BCUT2D eigenvalue weighted by molar-refractivity contribution is 5.34. The van der Waals surface area contributed by atoms with Gasteiger partial charge in [-0.1, -0.05) is 0 Å². The molecule has 0 aliphatic rings. The van der Waals surface area contributed by atoms with Crippen molar-refractivity contribution in [3.63, 3.8) is 0 Å². The minimum Gasteiger partial charge on any atom is -0.508 e. The second-order valence-corrected chi connectivity index (χ2v) is 3.89. The van der Waals surface area contributed by atoms with E-state index in [0.29, 0.717) is 12.1 Å². The molecule has 1 aromatic heterocycles. The zero-order valence-corrected chi connectivity index (χ0v) is 9.44. The molecule has 1 atom stereocenters. The van der Waals surface area contributed by atoms with Gasteiger partial charge in [0.25, 0.3) is 0 Å². The number of hydrogen-bond acceptors (Lipinski definition) is 3. The predicted octanol–water partition coefficient (Wildman–Crippen LogP) is 2.11. The number of nitrogens with zero attached hydrogens (tertiary/aromatic N) is 1. The van der Waals surface area contributed by atoms with E-state index in [1.54, 1.807) is 6.20 Å². The number of rotatable bonds is 4. The van der Waals surface area contributed by atoms with Crippen LogP contribution in [-0.4, -0.2) is 15.3 Å². The third kappa shape index (κ3) is 2.82. The quantitative estimate of drug-likeness (QED) is 0.760. The van der Waals surface area contributed by atoms with E-state index in [2.05, 4.69) is 15.5 Å². The Morgan fingerprint density at radius 3 is 3.00 bits per heavy atom. The van der Waals surface area contributed by atoms with Crippen LogP contribution in [-0.2, 0) is 6.54 Å². The maximum absolute atomic E-state index is 13.1. The van der Waals surface area contributed by atoms with Crippen molar-refractivity contribution in [1.82, 2.24) is 15.5 Å². The zero-order chi connectivity index (χ0) is 12.3. The van der Waals surface area contributed by atoms with E-state index in [1.165, 1.54) is 18.2 Å². The van der Waals surface area contributed by atoms with Crippen LogP contribution in [0.4, 0.5) is 4.39 Å². The molecule has 17 heavy (non-hydrogen) atoms. The van der Waals surface area contributed by atoms with Crippen molar-refractivity contribution < 1.29 is 9.50 Å². The molecule has 0 amide bonds. The topological polar surface area (TPSA) is 60.9 Å². The second-order valence-electron chi connectivity index (χ2n) is 3.89. The van der Waals surface area contributed by atoms with Crippen LogP contribution in [0.3, 0.4) is 0 Å². The van der Waals surface area contributed by atoms with Gasteiger partial charge in [-0.2, -0.15) is 5.10 Å². The molecule has 2 rings (SSSR count). The lowest BCUT2D eigenvalue weighted by Crippen LogP contribution is -2.18. The largest absolute Gasteiger partial charge is 0.508 e. The van der Waals surface area contributed by atoms with Crippen LogP contribution in [0.1, 0.15) is 24.2 Å². The third-order valence-corrected chi connectivity index (χ3v) is 2.61. The maximum Gasteiger partial charge on any atom is 0.123 e. The number of benzene rings is 1. The molecule has 0 saturated heterocycles. The fraction of sp³-hybridized carbons (Fsp3) is 0.250. The number of phenolic OH excluding ortho intramolecular Hbond substituents is 1. The number of nitrogens with one attached hydrogen (secondary N) is 2. The van der Waals surface area contributed by atoms with E-state index in [-0.39, 0.29) is 17.6 Å². The van der Waals surface area contributed by atoms with E-state index in [9.17, 15) is 9.50 Å². The summed E-state index contributed by atoms with van der Waals surface area (Å²) in [5.41, 5.74) is 1.48. The number of aromatic hydroxyl groups is 1. The third-order valence-electron chi connectivity index (χ3n) is 2.61. The van der Waals surface area contributed by atoms with Gasteiger partial charge in [0.2, 0.25) is 0 Å². The second kappa shape index (κ2) is 4.97. The van der Waals surface area contributed by atoms with E-state index in [4.69, 9.17) is 0 Å². The molecule has 1 unspecified atom stereocenters. The summed E-state index contributed by atoms with van der Waals surface area (Å²) in [6.45, 7) is 2.45. The molecule has 0 aliphatic heterocycles. The molecular weight excluding hydrogens is 221 g/mol. The van der Waals surface area contributed by atoms with Crippen molar-refractivity contribution in [3.8, 4) is 5.75 Å². The van der Waals surface area contributed by atoms with Crippen molar-refractivity contribution in [2.24, 2.45) is 0 Å². The molecule has 2 aromatic rings. The molecule has 0 spiro atoms. The molecule has 3 N–H and O–H groups in total. The summed E-state index contributed by atoms with van der Waals surface area (Å²) in [6, 6.07) is 5.64. The lowest BCUT2D eigenvalue weighted by atomic mass is 10.1. The number of aromatic nitrogens is 2. The Morgan fingerprint density at radius 2 is 2.29 bits per heavy atom. The molecule has 0 bridgehead atoms. The van der Waals surface area contributed by atoms with Gasteiger partial charge in [-0.3, -0.25) is 5.10 Å². The molecule has 0 radical (unpaired) electrons. The molecule has 1 aromatic carbocycles. The number of hydrogen-bond donors (Lipinski definition) is 3. The first-order valence-corrected chi connectivity index (χ1v) is 5.37. The number of phenols is 1. The Morgan fingerprint density at radius 1 is 1.47 bits per heavy atom. The van der Waals surface area contributed by atoms with Gasteiger partial charge >= 0.3 is 0 Å². The molecule has 5 heteroatoms. The monoisotopic (exact) mass is 235 g/mol. The Hall–Kier alpha value is -1.88. The van der Waals surface area contributed by atoms with Crippen LogP contribution in [0.15, 0.2) is 30.5 Å². The van der Waals surface area contributed by atoms with Crippen LogP contribution in [0.2, 0.25) is 0 Å². The Balaban J connectivity index is 2.04. The van der Waals surface area contributed by atoms with Crippen LogP contribution < -0.4 is 5.32 Å². The average Bonchev–Trinajstić information content (AvgIpc) is 2.82. The fourth-order valence-corrected chi connectivity index (χ4v) is 1.63. The highest BCUT2D eigenvalue weighted by Gasteiger charge is 2.11. The maximum atomic E-state index is 13.1. The molecular formula is C12H14FN3O. The van der Waals surface area contributed by atoms with E-state index in [1.807, 2.05) is 13.0 Å².